The second-order valence-electron chi connectivity index (χ2n) is 6.05. The highest BCUT2D eigenvalue weighted by Gasteiger charge is 2.18. The molecule has 2 aromatic rings. The second-order valence-corrected chi connectivity index (χ2v) is 8.58. The first-order valence-electron chi connectivity index (χ1n) is 7.91. The van der Waals surface area contributed by atoms with Gasteiger partial charge in [0.15, 0.2) is 0 Å². The SMILES string of the molecule is Cc1sc2nc(CS[C@H](C)C(=O)NC(=O)NC(C)C)[nH]c(=O)c2c1C. The van der Waals surface area contributed by atoms with Gasteiger partial charge in [-0.05, 0) is 40.2 Å². The zero-order valence-corrected chi connectivity index (χ0v) is 16.5. The van der Waals surface area contributed by atoms with Gasteiger partial charge in [0.05, 0.1) is 16.4 Å². The normalized spacial score (nSPS) is 12.4. The molecule has 3 N–H and O–H groups in total. The number of nitrogens with one attached hydrogen (secondary N) is 3. The van der Waals surface area contributed by atoms with Gasteiger partial charge in [0.2, 0.25) is 5.91 Å². The monoisotopic (exact) mass is 382 g/mol. The summed E-state index contributed by atoms with van der Waals surface area (Å²) >= 11 is 2.80. The van der Waals surface area contributed by atoms with Gasteiger partial charge in [0, 0.05) is 10.9 Å². The van der Waals surface area contributed by atoms with Crippen LogP contribution >= 0.6 is 23.1 Å². The van der Waals surface area contributed by atoms with Crippen molar-refractivity contribution in [1.29, 1.82) is 0 Å². The number of rotatable bonds is 5. The molecule has 0 radical (unpaired) electrons. The van der Waals surface area contributed by atoms with Crippen molar-refractivity contribution in [3.05, 3.63) is 26.6 Å². The van der Waals surface area contributed by atoms with Crippen molar-refractivity contribution in [3.63, 3.8) is 0 Å². The Kier molecular flexibility index (Phi) is 6.23. The molecule has 0 fully saturated rings. The molecule has 9 heteroatoms. The van der Waals surface area contributed by atoms with Gasteiger partial charge in [-0.3, -0.25) is 14.9 Å². The third kappa shape index (κ3) is 4.82. The highest BCUT2D eigenvalue weighted by molar-refractivity contribution is 7.99. The Morgan fingerprint density at radius 1 is 1.28 bits per heavy atom. The topological polar surface area (TPSA) is 104 Å². The van der Waals surface area contributed by atoms with Crippen molar-refractivity contribution < 1.29 is 9.59 Å². The molecule has 7 nitrogen and oxygen atoms in total. The molecule has 136 valence electrons. The Labute approximate surface area is 154 Å². The molecule has 0 aliphatic carbocycles. The van der Waals surface area contributed by atoms with Gasteiger partial charge in [-0.15, -0.1) is 23.1 Å². The fourth-order valence-corrected chi connectivity index (χ4v) is 3.96. The van der Waals surface area contributed by atoms with Crippen molar-refractivity contribution in [2.24, 2.45) is 0 Å². The zero-order chi connectivity index (χ0) is 18.7. The molecule has 0 aliphatic heterocycles. The number of nitrogens with zero attached hydrogens (tertiary/aromatic N) is 1. The Balaban J connectivity index is 2.01. The number of aromatic nitrogens is 2. The lowest BCUT2D eigenvalue weighted by Crippen LogP contribution is -2.45. The molecule has 2 aromatic heterocycles. The summed E-state index contributed by atoms with van der Waals surface area (Å²) in [5.41, 5.74) is 0.799. The van der Waals surface area contributed by atoms with E-state index in [0.717, 1.165) is 10.4 Å². The standard InChI is InChI=1S/C16H22N4O3S2/c1-7(2)17-16(23)20-13(21)10(5)24-6-11-18-14(22)12-8(3)9(4)25-15(12)19-11/h7,10H,6H2,1-5H3,(H,18,19,22)(H2,17,20,21,23)/t10-/m1/s1. The number of imide groups is 1. The number of amides is 3. The van der Waals surface area contributed by atoms with Gasteiger partial charge in [0.1, 0.15) is 10.7 Å². The number of fused-ring (bicyclic) bond motifs is 1. The van der Waals surface area contributed by atoms with Crippen LogP contribution in [0.2, 0.25) is 0 Å². The van der Waals surface area contributed by atoms with E-state index in [0.29, 0.717) is 21.8 Å². The fraction of sp³-hybridized carbons (Fsp3) is 0.500. The van der Waals surface area contributed by atoms with E-state index in [9.17, 15) is 14.4 Å². The molecule has 0 aliphatic rings. The van der Waals surface area contributed by atoms with Gasteiger partial charge in [-0.2, -0.15) is 0 Å². The maximum Gasteiger partial charge on any atom is 0.321 e. The van der Waals surface area contributed by atoms with Crippen LogP contribution in [0.15, 0.2) is 4.79 Å². The van der Waals surface area contributed by atoms with Crippen LogP contribution in [-0.2, 0) is 10.5 Å². The summed E-state index contributed by atoms with van der Waals surface area (Å²) in [5.74, 6) is 0.520. The average molecular weight is 383 g/mol. The van der Waals surface area contributed by atoms with E-state index in [4.69, 9.17) is 0 Å². The molecular weight excluding hydrogens is 360 g/mol. The second kappa shape index (κ2) is 8.01. The van der Waals surface area contributed by atoms with Gasteiger partial charge in [0.25, 0.3) is 5.56 Å². The van der Waals surface area contributed by atoms with Crippen LogP contribution in [0.5, 0.6) is 0 Å². The van der Waals surface area contributed by atoms with Crippen LogP contribution in [0.3, 0.4) is 0 Å². The Morgan fingerprint density at radius 2 is 1.96 bits per heavy atom. The van der Waals surface area contributed by atoms with Crippen LogP contribution < -0.4 is 16.2 Å². The Hall–Kier alpha value is -1.87. The van der Waals surface area contributed by atoms with E-state index in [1.54, 1.807) is 6.92 Å². The minimum absolute atomic E-state index is 0.0468. The lowest BCUT2D eigenvalue weighted by atomic mass is 10.2. The third-order valence-electron chi connectivity index (χ3n) is 3.58. The highest BCUT2D eigenvalue weighted by atomic mass is 32.2. The molecule has 0 saturated carbocycles. The molecule has 0 aromatic carbocycles. The summed E-state index contributed by atoms with van der Waals surface area (Å²) in [6.45, 7) is 9.21. The van der Waals surface area contributed by atoms with Crippen molar-refractivity contribution in [2.45, 2.75) is 51.7 Å². The van der Waals surface area contributed by atoms with E-state index < -0.39 is 11.3 Å². The molecule has 2 rings (SSSR count). The summed E-state index contributed by atoms with van der Waals surface area (Å²) in [6, 6.07) is -0.556. The molecule has 0 bridgehead atoms. The number of hydrogen-bond acceptors (Lipinski definition) is 6. The maximum atomic E-state index is 12.2. The first-order valence-corrected chi connectivity index (χ1v) is 9.77. The summed E-state index contributed by atoms with van der Waals surface area (Å²) in [4.78, 5) is 44.8. The number of urea groups is 1. The molecule has 1 atom stereocenters. The summed E-state index contributed by atoms with van der Waals surface area (Å²) in [7, 11) is 0. The average Bonchev–Trinajstić information content (AvgIpc) is 2.78. The number of aryl methyl sites for hydroxylation is 2. The number of thiophene rings is 1. The molecule has 2 heterocycles. The van der Waals surface area contributed by atoms with Gasteiger partial charge in [-0.1, -0.05) is 0 Å². The minimum Gasteiger partial charge on any atom is -0.336 e. The zero-order valence-electron chi connectivity index (χ0n) is 14.9. The molecule has 25 heavy (non-hydrogen) atoms. The van der Waals surface area contributed by atoms with Gasteiger partial charge >= 0.3 is 6.03 Å². The minimum atomic E-state index is -0.509. The number of thioether (sulfide) groups is 1. The lowest BCUT2D eigenvalue weighted by Gasteiger charge is -2.13. The smallest absolute Gasteiger partial charge is 0.321 e. The molecular formula is C16H22N4O3S2. The van der Waals surface area contributed by atoms with Crippen molar-refractivity contribution in [1.82, 2.24) is 20.6 Å². The van der Waals surface area contributed by atoms with Crippen molar-refractivity contribution in [2.75, 3.05) is 0 Å². The van der Waals surface area contributed by atoms with Crippen molar-refractivity contribution in [3.8, 4) is 0 Å². The van der Waals surface area contributed by atoms with E-state index >= 15 is 0 Å². The van der Waals surface area contributed by atoms with Crippen LogP contribution in [0.4, 0.5) is 4.79 Å². The Morgan fingerprint density at radius 3 is 2.60 bits per heavy atom. The van der Waals surface area contributed by atoms with E-state index in [-0.39, 0.29) is 17.5 Å². The van der Waals surface area contributed by atoms with Crippen molar-refractivity contribution >= 4 is 45.3 Å². The Bertz CT molecular complexity index is 857. The number of hydrogen-bond donors (Lipinski definition) is 3. The predicted octanol–water partition coefficient (Wildman–Crippen LogP) is 2.46. The molecule has 0 unspecified atom stereocenters. The van der Waals surface area contributed by atoms with E-state index in [1.807, 2.05) is 27.7 Å². The van der Waals surface area contributed by atoms with Crippen LogP contribution in [0, 0.1) is 13.8 Å². The number of carbonyl (C=O) groups is 2. The quantitative estimate of drug-likeness (QED) is 0.737. The van der Waals surface area contributed by atoms with Crippen LogP contribution in [0.25, 0.3) is 10.2 Å². The molecule has 0 saturated heterocycles. The van der Waals surface area contributed by atoms with E-state index in [2.05, 4.69) is 20.6 Å². The van der Waals surface area contributed by atoms with Gasteiger partial charge in [-0.25, -0.2) is 9.78 Å². The first-order chi connectivity index (χ1) is 11.7. The largest absolute Gasteiger partial charge is 0.336 e. The predicted molar refractivity (Wildman–Crippen MR) is 102 cm³/mol. The summed E-state index contributed by atoms with van der Waals surface area (Å²) in [6.07, 6.45) is 0. The van der Waals surface area contributed by atoms with E-state index in [1.165, 1.54) is 23.1 Å². The van der Waals surface area contributed by atoms with Crippen LogP contribution in [0.1, 0.15) is 37.0 Å². The summed E-state index contributed by atoms with van der Waals surface area (Å²) in [5, 5.41) is 5.08. The maximum absolute atomic E-state index is 12.2. The van der Waals surface area contributed by atoms with Crippen LogP contribution in [-0.4, -0.2) is 33.2 Å². The highest BCUT2D eigenvalue weighted by Crippen LogP contribution is 2.26. The lowest BCUT2D eigenvalue weighted by molar-refractivity contribution is -0.119. The summed E-state index contributed by atoms with van der Waals surface area (Å²) < 4.78 is 0. The molecule has 0 spiro atoms. The molecule has 3 amide bonds. The first kappa shape index (κ1) is 19.5. The van der Waals surface area contributed by atoms with Gasteiger partial charge < -0.3 is 10.3 Å². The third-order valence-corrected chi connectivity index (χ3v) is 5.84. The number of carbonyl (C=O) groups excluding carboxylic acids is 2. The number of H-pyrrole nitrogens is 1. The fourth-order valence-electron chi connectivity index (χ4n) is 2.16. The number of aromatic amines is 1.